The molecule has 0 aliphatic heterocycles. The molecule has 0 aliphatic carbocycles. The molecule has 0 fully saturated rings. The summed E-state index contributed by atoms with van der Waals surface area (Å²) in [5.41, 5.74) is 8.46. The Balaban J connectivity index is 2.18. The molecule has 0 amide bonds. The smallest absolute Gasteiger partial charge is 0.187 e. The van der Waals surface area contributed by atoms with Crippen molar-refractivity contribution in [2.45, 2.75) is 13.5 Å². The van der Waals surface area contributed by atoms with Crippen LogP contribution in [-0.2, 0) is 6.54 Å². The average Bonchev–Trinajstić information content (AvgIpc) is 2.98. The highest BCUT2D eigenvalue weighted by atomic mass is 32.1. The quantitative estimate of drug-likeness (QED) is 0.747. The Morgan fingerprint density at radius 1 is 1.17 bits per heavy atom. The van der Waals surface area contributed by atoms with E-state index in [-0.39, 0.29) is 0 Å². The third kappa shape index (κ3) is 2.93. The van der Waals surface area contributed by atoms with Gasteiger partial charge in [0.25, 0.3) is 0 Å². The zero-order valence-corrected chi connectivity index (χ0v) is 14.0. The molecule has 0 spiro atoms. The van der Waals surface area contributed by atoms with Crippen molar-refractivity contribution in [2.24, 2.45) is 5.73 Å². The zero-order valence-electron chi connectivity index (χ0n) is 13.2. The van der Waals surface area contributed by atoms with Crippen LogP contribution >= 0.6 is 11.3 Å². The molecule has 1 aromatic carbocycles. The highest BCUT2D eigenvalue weighted by Crippen LogP contribution is 2.37. The number of hydrogen-bond acceptors (Lipinski definition) is 7. The SMILES string of the molecule is COc1cc2c(Nc3nc(C)cs3)cnc(CN)c2cc1OC. The number of anilines is 2. The molecule has 2 heterocycles. The molecule has 2 aromatic heterocycles. The summed E-state index contributed by atoms with van der Waals surface area (Å²) in [6.07, 6.45) is 1.77. The highest BCUT2D eigenvalue weighted by molar-refractivity contribution is 7.13. The fourth-order valence-electron chi connectivity index (χ4n) is 2.41. The number of thiazole rings is 1. The molecule has 0 aliphatic rings. The Morgan fingerprint density at radius 2 is 1.87 bits per heavy atom. The molecular formula is C16H18N4O2S. The summed E-state index contributed by atoms with van der Waals surface area (Å²) in [4.78, 5) is 8.88. The van der Waals surface area contributed by atoms with Crippen molar-refractivity contribution in [3.63, 3.8) is 0 Å². The highest BCUT2D eigenvalue weighted by Gasteiger charge is 2.13. The first-order valence-electron chi connectivity index (χ1n) is 7.09. The van der Waals surface area contributed by atoms with Crippen LogP contribution in [0.2, 0.25) is 0 Å². The number of benzene rings is 1. The van der Waals surface area contributed by atoms with Gasteiger partial charge >= 0.3 is 0 Å². The number of hydrogen-bond donors (Lipinski definition) is 2. The maximum absolute atomic E-state index is 5.82. The van der Waals surface area contributed by atoms with Gasteiger partial charge in [0, 0.05) is 22.7 Å². The topological polar surface area (TPSA) is 82.3 Å². The molecule has 7 heteroatoms. The van der Waals surface area contributed by atoms with Crippen molar-refractivity contribution < 1.29 is 9.47 Å². The molecule has 0 atom stereocenters. The summed E-state index contributed by atoms with van der Waals surface area (Å²) in [6, 6.07) is 3.83. The molecule has 3 N–H and O–H groups in total. The van der Waals surface area contributed by atoms with Gasteiger partial charge in [-0.15, -0.1) is 11.3 Å². The molecule has 120 valence electrons. The fourth-order valence-corrected chi connectivity index (χ4v) is 3.11. The van der Waals surface area contributed by atoms with E-state index in [2.05, 4.69) is 15.3 Å². The number of aromatic nitrogens is 2. The number of fused-ring (bicyclic) bond motifs is 1. The predicted molar refractivity (Wildman–Crippen MR) is 92.9 cm³/mol. The van der Waals surface area contributed by atoms with E-state index in [1.165, 1.54) is 0 Å². The molecule has 0 saturated carbocycles. The lowest BCUT2D eigenvalue weighted by Crippen LogP contribution is -2.03. The molecule has 3 aromatic rings. The van der Waals surface area contributed by atoms with Crippen LogP contribution in [0.5, 0.6) is 11.5 Å². The molecule has 23 heavy (non-hydrogen) atoms. The van der Waals surface area contributed by atoms with Crippen molar-refractivity contribution in [3.8, 4) is 11.5 Å². The van der Waals surface area contributed by atoms with Crippen molar-refractivity contribution in [1.82, 2.24) is 9.97 Å². The molecule has 0 unspecified atom stereocenters. The number of rotatable bonds is 5. The van der Waals surface area contributed by atoms with E-state index >= 15 is 0 Å². The average molecular weight is 330 g/mol. The van der Waals surface area contributed by atoms with Gasteiger partial charge in [-0.1, -0.05) is 0 Å². The van der Waals surface area contributed by atoms with Crippen LogP contribution in [0.15, 0.2) is 23.7 Å². The van der Waals surface area contributed by atoms with Gasteiger partial charge in [0.05, 0.1) is 37.5 Å². The number of methoxy groups -OCH3 is 2. The Labute approximate surface area is 138 Å². The third-order valence-electron chi connectivity index (χ3n) is 3.53. The van der Waals surface area contributed by atoms with Gasteiger partial charge in [-0.3, -0.25) is 4.98 Å². The largest absolute Gasteiger partial charge is 0.493 e. The van der Waals surface area contributed by atoms with Crippen LogP contribution < -0.4 is 20.5 Å². The van der Waals surface area contributed by atoms with Gasteiger partial charge in [-0.2, -0.15) is 0 Å². The Kier molecular flexibility index (Phi) is 4.31. The molecule has 6 nitrogen and oxygen atoms in total. The van der Waals surface area contributed by atoms with Gasteiger partial charge < -0.3 is 20.5 Å². The van der Waals surface area contributed by atoms with Crippen molar-refractivity contribution in [2.75, 3.05) is 19.5 Å². The normalized spacial score (nSPS) is 10.8. The predicted octanol–water partition coefficient (Wildman–Crippen LogP) is 3.22. The van der Waals surface area contributed by atoms with Gasteiger partial charge in [0.15, 0.2) is 16.6 Å². The Hall–Kier alpha value is -2.38. The summed E-state index contributed by atoms with van der Waals surface area (Å²) >= 11 is 1.55. The van der Waals surface area contributed by atoms with Gasteiger partial charge in [-0.05, 0) is 19.1 Å². The minimum Gasteiger partial charge on any atom is -0.493 e. The minimum absolute atomic E-state index is 0.350. The third-order valence-corrected chi connectivity index (χ3v) is 4.40. The first kappa shape index (κ1) is 15.5. The molecule has 0 radical (unpaired) electrons. The van der Waals surface area contributed by atoms with Crippen LogP contribution in [-0.4, -0.2) is 24.2 Å². The maximum atomic E-state index is 5.82. The minimum atomic E-state index is 0.350. The Morgan fingerprint density at radius 3 is 2.43 bits per heavy atom. The first-order chi connectivity index (χ1) is 11.2. The lowest BCUT2D eigenvalue weighted by molar-refractivity contribution is 0.356. The van der Waals surface area contributed by atoms with Crippen molar-refractivity contribution >= 4 is 32.9 Å². The summed E-state index contributed by atoms with van der Waals surface area (Å²) in [7, 11) is 3.23. The van der Waals surface area contributed by atoms with E-state index in [1.54, 1.807) is 31.8 Å². The van der Waals surface area contributed by atoms with Gasteiger partial charge in [-0.25, -0.2) is 4.98 Å². The summed E-state index contributed by atoms with van der Waals surface area (Å²) in [5, 5.41) is 8.03. The fraction of sp³-hybridized carbons (Fsp3) is 0.250. The second-order valence-corrected chi connectivity index (χ2v) is 5.85. The number of ether oxygens (including phenoxy) is 2. The molecule has 0 saturated heterocycles. The van der Waals surface area contributed by atoms with Gasteiger partial charge in [0.1, 0.15) is 0 Å². The Bertz CT molecular complexity index is 847. The van der Waals surface area contributed by atoms with Crippen LogP contribution in [0, 0.1) is 6.92 Å². The van der Waals surface area contributed by atoms with Gasteiger partial charge in [0.2, 0.25) is 0 Å². The van der Waals surface area contributed by atoms with Crippen molar-refractivity contribution in [3.05, 3.63) is 35.1 Å². The van der Waals surface area contributed by atoms with E-state index in [9.17, 15) is 0 Å². The monoisotopic (exact) mass is 330 g/mol. The molecule has 0 bridgehead atoms. The standard InChI is InChI=1S/C16H18N4O2S/c1-9-8-23-16(19-9)20-13-7-18-12(6-17)10-4-14(21-2)15(22-3)5-11(10)13/h4-5,7-8H,6,17H2,1-3H3,(H,19,20). The van der Waals surface area contributed by atoms with Crippen LogP contribution in [0.25, 0.3) is 10.8 Å². The summed E-state index contributed by atoms with van der Waals surface area (Å²) < 4.78 is 10.8. The van der Waals surface area contributed by atoms with Crippen LogP contribution in [0.3, 0.4) is 0 Å². The number of nitrogens with zero attached hydrogens (tertiary/aromatic N) is 2. The van der Waals surface area contributed by atoms with Crippen molar-refractivity contribution in [1.29, 1.82) is 0 Å². The lowest BCUT2D eigenvalue weighted by Gasteiger charge is -2.14. The van der Waals surface area contributed by atoms with E-state index < -0.39 is 0 Å². The number of pyridine rings is 1. The first-order valence-corrected chi connectivity index (χ1v) is 7.97. The zero-order chi connectivity index (χ0) is 16.4. The number of nitrogens with one attached hydrogen (secondary N) is 1. The number of nitrogens with two attached hydrogens (primary N) is 1. The van der Waals surface area contributed by atoms with Crippen LogP contribution in [0.1, 0.15) is 11.4 Å². The lowest BCUT2D eigenvalue weighted by atomic mass is 10.1. The second-order valence-electron chi connectivity index (χ2n) is 4.99. The van der Waals surface area contributed by atoms with E-state index in [0.29, 0.717) is 18.0 Å². The van der Waals surface area contributed by atoms with E-state index in [1.807, 2.05) is 24.4 Å². The summed E-state index contributed by atoms with van der Waals surface area (Å²) in [5.74, 6) is 1.31. The molecular weight excluding hydrogens is 312 g/mol. The summed E-state index contributed by atoms with van der Waals surface area (Å²) in [6.45, 7) is 2.31. The van der Waals surface area contributed by atoms with Crippen LogP contribution in [0.4, 0.5) is 10.8 Å². The van der Waals surface area contributed by atoms with E-state index in [0.717, 1.165) is 33.0 Å². The maximum Gasteiger partial charge on any atom is 0.187 e. The molecule has 3 rings (SSSR count). The second kappa shape index (κ2) is 6.39. The van der Waals surface area contributed by atoms with E-state index in [4.69, 9.17) is 15.2 Å². The number of aryl methyl sites for hydroxylation is 1.